The number of aryl methyl sites for hydroxylation is 1. The fourth-order valence-electron chi connectivity index (χ4n) is 4.37. The maximum absolute atomic E-state index is 13.2. The molecule has 0 unspecified atom stereocenters. The van der Waals surface area contributed by atoms with Crippen molar-refractivity contribution in [3.05, 3.63) is 82.5 Å². The van der Waals surface area contributed by atoms with Crippen LogP contribution in [0.3, 0.4) is 0 Å². The van der Waals surface area contributed by atoms with E-state index in [1.807, 2.05) is 70.7 Å². The molecule has 33 heavy (non-hydrogen) atoms. The first-order valence-electron chi connectivity index (χ1n) is 11.6. The summed E-state index contributed by atoms with van der Waals surface area (Å²) in [4.78, 5) is 34.5. The first-order valence-corrected chi connectivity index (χ1v) is 12.7. The predicted octanol–water partition coefficient (Wildman–Crippen LogP) is 4.90. The number of rotatable bonds is 6. The molecule has 2 aliphatic rings. The number of pyridine rings is 1. The summed E-state index contributed by atoms with van der Waals surface area (Å²) in [5.41, 5.74) is 3.69. The zero-order valence-electron chi connectivity index (χ0n) is 19.2. The van der Waals surface area contributed by atoms with Gasteiger partial charge in [-0.1, -0.05) is 42.5 Å². The van der Waals surface area contributed by atoms with E-state index < -0.39 is 0 Å². The Balaban J connectivity index is 1.33. The van der Waals surface area contributed by atoms with Gasteiger partial charge in [-0.2, -0.15) is 0 Å². The summed E-state index contributed by atoms with van der Waals surface area (Å²) in [6.45, 7) is 4.81. The summed E-state index contributed by atoms with van der Waals surface area (Å²) < 4.78 is 0. The Hall–Kier alpha value is -2.86. The number of nitrogens with zero attached hydrogens (tertiary/aromatic N) is 3. The lowest BCUT2D eigenvalue weighted by molar-refractivity contribution is -0.129. The van der Waals surface area contributed by atoms with Crippen molar-refractivity contribution in [1.29, 1.82) is 0 Å². The number of carbonyl (C=O) groups is 2. The van der Waals surface area contributed by atoms with E-state index in [0.29, 0.717) is 25.4 Å². The number of aromatic nitrogens is 1. The molecule has 3 heterocycles. The number of thioether (sulfide) groups is 1. The Bertz CT molecular complexity index is 1030. The van der Waals surface area contributed by atoms with Crippen molar-refractivity contribution in [2.24, 2.45) is 0 Å². The molecule has 2 aromatic rings. The zero-order valence-corrected chi connectivity index (χ0v) is 20.0. The second-order valence-corrected chi connectivity index (χ2v) is 9.47. The molecule has 0 radical (unpaired) electrons. The van der Waals surface area contributed by atoms with Crippen LogP contribution in [0.15, 0.2) is 60.0 Å². The van der Waals surface area contributed by atoms with E-state index in [1.54, 1.807) is 0 Å². The van der Waals surface area contributed by atoms with Crippen molar-refractivity contribution in [1.82, 2.24) is 14.8 Å². The summed E-state index contributed by atoms with van der Waals surface area (Å²) in [6.07, 6.45) is 8.80. The smallest absolute Gasteiger partial charge is 0.256 e. The minimum atomic E-state index is 0.0713. The molecule has 1 saturated heterocycles. The van der Waals surface area contributed by atoms with Gasteiger partial charge in [0.2, 0.25) is 5.91 Å². The SMILES string of the molecule is Cc1ccc(C(=O)N2CC=CCC2)c(C2CCN(C(=O)CS/C=C/c3ccccc3)CC2)n1. The maximum atomic E-state index is 13.2. The molecular weight excluding hydrogens is 430 g/mol. The van der Waals surface area contributed by atoms with Gasteiger partial charge in [0.25, 0.3) is 5.91 Å². The van der Waals surface area contributed by atoms with E-state index in [0.717, 1.165) is 48.3 Å². The molecule has 0 N–H and O–H groups in total. The molecule has 1 fully saturated rings. The topological polar surface area (TPSA) is 53.5 Å². The average Bonchev–Trinajstić information content (AvgIpc) is 2.87. The predicted molar refractivity (Wildman–Crippen MR) is 135 cm³/mol. The van der Waals surface area contributed by atoms with Crippen molar-refractivity contribution in [2.75, 3.05) is 31.9 Å². The fraction of sp³-hybridized carbons (Fsp3) is 0.370. The largest absolute Gasteiger partial charge is 0.342 e. The third-order valence-electron chi connectivity index (χ3n) is 6.24. The fourth-order valence-corrected chi connectivity index (χ4v) is 5.04. The van der Waals surface area contributed by atoms with Gasteiger partial charge >= 0.3 is 0 Å². The van der Waals surface area contributed by atoms with E-state index in [2.05, 4.69) is 12.2 Å². The summed E-state index contributed by atoms with van der Waals surface area (Å²) in [5.74, 6) is 0.897. The van der Waals surface area contributed by atoms with Crippen LogP contribution in [0.1, 0.15) is 52.5 Å². The molecule has 4 rings (SSSR count). The quantitative estimate of drug-likeness (QED) is 0.574. The Kier molecular flexibility index (Phi) is 8.00. The number of piperidine rings is 1. The third kappa shape index (κ3) is 6.14. The number of amides is 2. The highest BCUT2D eigenvalue weighted by Gasteiger charge is 2.29. The second-order valence-electron chi connectivity index (χ2n) is 8.58. The molecule has 2 amide bonds. The Morgan fingerprint density at radius 3 is 2.55 bits per heavy atom. The monoisotopic (exact) mass is 461 g/mol. The van der Waals surface area contributed by atoms with Crippen molar-refractivity contribution < 1.29 is 9.59 Å². The minimum absolute atomic E-state index is 0.0713. The van der Waals surface area contributed by atoms with Crippen molar-refractivity contribution >= 4 is 29.7 Å². The van der Waals surface area contributed by atoms with Gasteiger partial charge in [-0.25, -0.2) is 0 Å². The first kappa shape index (κ1) is 23.3. The summed E-state index contributed by atoms with van der Waals surface area (Å²) >= 11 is 1.53. The van der Waals surface area contributed by atoms with Gasteiger partial charge in [0.05, 0.1) is 17.0 Å². The summed E-state index contributed by atoms with van der Waals surface area (Å²) in [5, 5.41) is 1.99. The highest BCUT2D eigenvalue weighted by Crippen LogP contribution is 2.30. The molecule has 5 nitrogen and oxygen atoms in total. The Morgan fingerprint density at radius 1 is 1.03 bits per heavy atom. The van der Waals surface area contributed by atoms with Crippen molar-refractivity contribution in [2.45, 2.75) is 32.1 Å². The molecule has 1 aromatic heterocycles. The lowest BCUT2D eigenvalue weighted by atomic mass is 9.89. The summed E-state index contributed by atoms with van der Waals surface area (Å²) in [6, 6.07) is 14.0. The lowest BCUT2D eigenvalue weighted by Gasteiger charge is -2.33. The highest BCUT2D eigenvalue weighted by atomic mass is 32.2. The van der Waals surface area contributed by atoms with Gasteiger partial charge in [0.1, 0.15) is 0 Å². The van der Waals surface area contributed by atoms with Gasteiger partial charge in [0.15, 0.2) is 0 Å². The van der Waals surface area contributed by atoms with Gasteiger partial charge < -0.3 is 9.80 Å². The Morgan fingerprint density at radius 2 is 1.82 bits per heavy atom. The van der Waals surface area contributed by atoms with E-state index in [9.17, 15) is 9.59 Å². The Labute approximate surface area is 200 Å². The van der Waals surface area contributed by atoms with Gasteiger partial charge in [-0.05, 0) is 55.4 Å². The number of likely N-dealkylation sites (tertiary alicyclic amines) is 1. The molecule has 0 saturated carbocycles. The van der Waals surface area contributed by atoms with Gasteiger partial charge in [-0.15, -0.1) is 11.8 Å². The van der Waals surface area contributed by atoms with Crippen LogP contribution >= 0.6 is 11.8 Å². The van der Waals surface area contributed by atoms with Crippen LogP contribution in [0.4, 0.5) is 0 Å². The van der Waals surface area contributed by atoms with E-state index in [4.69, 9.17) is 4.98 Å². The normalized spacial score (nSPS) is 17.0. The van der Waals surface area contributed by atoms with Crippen LogP contribution < -0.4 is 0 Å². The van der Waals surface area contributed by atoms with Crippen LogP contribution in [0.2, 0.25) is 0 Å². The molecule has 2 aliphatic heterocycles. The molecule has 0 atom stereocenters. The number of benzene rings is 1. The number of hydrogen-bond donors (Lipinski definition) is 0. The molecule has 0 aliphatic carbocycles. The van der Waals surface area contributed by atoms with E-state index in [1.165, 1.54) is 11.8 Å². The molecule has 0 bridgehead atoms. The van der Waals surface area contributed by atoms with E-state index in [-0.39, 0.29) is 17.7 Å². The summed E-state index contributed by atoms with van der Waals surface area (Å²) in [7, 11) is 0. The first-order chi connectivity index (χ1) is 16.1. The molecule has 6 heteroatoms. The average molecular weight is 462 g/mol. The van der Waals surface area contributed by atoms with Crippen LogP contribution in [-0.4, -0.2) is 58.5 Å². The zero-order chi connectivity index (χ0) is 23.0. The molecule has 1 aromatic carbocycles. The van der Waals surface area contributed by atoms with Crippen LogP contribution in [0.25, 0.3) is 6.08 Å². The molecule has 0 spiro atoms. The minimum Gasteiger partial charge on any atom is -0.342 e. The highest BCUT2D eigenvalue weighted by molar-refractivity contribution is 8.02. The second kappa shape index (κ2) is 11.3. The van der Waals surface area contributed by atoms with E-state index >= 15 is 0 Å². The standard InChI is InChI=1S/C27H31N3O2S/c1-21-10-11-24(27(32)30-15-6-3-7-16-30)26(28-21)23-12-17-29(18-13-23)25(31)20-33-19-14-22-8-4-2-5-9-22/h2-6,8-11,14,19,23H,7,12-13,15-18,20H2,1H3/b19-14+. The lowest BCUT2D eigenvalue weighted by Crippen LogP contribution is -2.40. The van der Waals surface area contributed by atoms with Gasteiger partial charge in [0, 0.05) is 37.8 Å². The van der Waals surface area contributed by atoms with Crippen LogP contribution in [0, 0.1) is 6.92 Å². The van der Waals surface area contributed by atoms with Crippen LogP contribution in [0.5, 0.6) is 0 Å². The van der Waals surface area contributed by atoms with Crippen molar-refractivity contribution in [3.63, 3.8) is 0 Å². The third-order valence-corrected chi connectivity index (χ3v) is 6.98. The molecular formula is C27H31N3O2S. The number of carbonyl (C=O) groups excluding carboxylic acids is 2. The van der Waals surface area contributed by atoms with Crippen molar-refractivity contribution in [3.8, 4) is 0 Å². The maximum Gasteiger partial charge on any atom is 0.256 e. The van der Waals surface area contributed by atoms with Crippen LogP contribution in [-0.2, 0) is 4.79 Å². The molecule has 172 valence electrons. The number of hydrogen-bond acceptors (Lipinski definition) is 4. The van der Waals surface area contributed by atoms with Gasteiger partial charge in [-0.3, -0.25) is 14.6 Å².